The number of phenols is 7. The molecule has 1 aliphatic carbocycles. The van der Waals surface area contributed by atoms with Gasteiger partial charge in [0.15, 0.2) is 5.78 Å². The Morgan fingerprint density at radius 3 is 2.15 bits per heavy atom. The van der Waals surface area contributed by atoms with E-state index >= 15 is 0 Å². The summed E-state index contributed by atoms with van der Waals surface area (Å²) in [5, 5.41) is 87.9. The van der Waals surface area contributed by atoms with Crippen LogP contribution in [0.2, 0.25) is 0 Å². The van der Waals surface area contributed by atoms with Crippen LogP contribution in [0.5, 0.6) is 51.7 Å². The Balaban J connectivity index is 1.44. The minimum absolute atomic E-state index is 0.0310. The molecule has 0 amide bonds. The highest BCUT2D eigenvalue weighted by molar-refractivity contribution is 6.10. The lowest BCUT2D eigenvalue weighted by molar-refractivity contribution is -0.221. The van der Waals surface area contributed by atoms with E-state index in [-0.39, 0.29) is 69.6 Å². The molecule has 2 aliphatic heterocycles. The molecule has 7 rings (SSSR count). The molecular weight excluding hydrogens is 672 g/mol. The maximum absolute atomic E-state index is 14.8. The molecule has 0 bridgehead atoms. The second-order valence-corrected chi connectivity index (χ2v) is 13.9. The first-order chi connectivity index (χ1) is 24.6. The Hall–Kier alpha value is -6.14. The molecule has 12 heteroatoms. The molecule has 3 aliphatic rings. The van der Waals surface area contributed by atoms with Crippen molar-refractivity contribution < 1.29 is 59.9 Å². The van der Waals surface area contributed by atoms with Crippen molar-refractivity contribution in [2.24, 2.45) is 5.92 Å². The number of hydrogen-bond acceptors (Lipinski definition) is 12. The van der Waals surface area contributed by atoms with Crippen molar-refractivity contribution in [1.29, 1.82) is 0 Å². The van der Waals surface area contributed by atoms with Crippen LogP contribution in [0, 0.1) is 5.92 Å². The number of fused-ring (bicyclic) bond motifs is 4. The Bertz CT molecular complexity index is 2250. The van der Waals surface area contributed by atoms with E-state index in [1.165, 1.54) is 42.5 Å². The van der Waals surface area contributed by atoms with E-state index in [9.17, 15) is 50.4 Å². The van der Waals surface area contributed by atoms with Crippen molar-refractivity contribution in [2.75, 3.05) is 0 Å². The number of Topliss-reactive ketones (excluding diaryl/α,β-unsaturated/α-hetero) is 2. The third-order valence-electron chi connectivity index (χ3n) is 10.2. The first-order valence-electron chi connectivity index (χ1n) is 16.5. The molecule has 0 unspecified atom stereocenters. The van der Waals surface area contributed by atoms with E-state index in [1.807, 2.05) is 0 Å². The zero-order valence-corrected chi connectivity index (χ0v) is 28.3. The zero-order valence-electron chi connectivity index (χ0n) is 28.3. The third-order valence-corrected chi connectivity index (χ3v) is 10.2. The smallest absolute Gasteiger partial charge is 0.286 e. The number of phenolic OH excluding ortho intramolecular Hbond substituents is 7. The van der Waals surface area contributed by atoms with Gasteiger partial charge in [0, 0.05) is 54.0 Å². The Morgan fingerprint density at radius 1 is 0.827 bits per heavy atom. The molecule has 4 aromatic rings. The van der Waals surface area contributed by atoms with Crippen LogP contribution in [0.15, 0.2) is 84.0 Å². The molecule has 0 saturated heterocycles. The maximum Gasteiger partial charge on any atom is 0.286 e. The number of hydrogen-bond donors (Lipinski definition) is 8. The van der Waals surface area contributed by atoms with Gasteiger partial charge >= 0.3 is 0 Å². The highest BCUT2D eigenvalue weighted by Gasteiger charge is 2.70. The lowest BCUT2D eigenvalue weighted by Crippen LogP contribution is -2.62. The largest absolute Gasteiger partial charge is 0.508 e. The molecule has 4 aromatic carbocycles. The number of carbonyl (C=O) groups is 2. The van der Waals surface area contributed by atoms with Gasteiger partial charge in [-0.3, -0.25) is 9.59 Å². The van der Waals surface area contributed by atoms with Crippen molar-refractivity contribution in [1.82, 2.24) is 0 Å². The van der Waals surface area contributed by atoms with E-state index in [2.05, 4.69) is 0 Å². The van der Waals surface area contributed by atoms with Gasteiger partial charge in [-0.2, -0.15) is 0 Å². The van der Waals surface area contributed by atoms with Crippen LogP contribution in [0.1, 0.15) is 82.9 Å². The topological polar surface area (TPSA) is 214 Å². The fourth-order valence-corrected chi connectivity index (χ4v) is 7.81. The zero-order chi connectivity index (χ0) is 37.4. The van der Waals surface area contributed by atoms with Crippen molar-refractivity contribution in [3.63, 3.8) is 0 Å². The number of benzene rings is 4. The van der Waals surface area contributed by atoms with Gasteiger partial charge in [-0.25, -0.2) is 0 Å². The minimum atomic E-state index is -2.45. The molecule has 52 heavy (non-hydrogen) atoms. The minimum Gasteiger partial charge on any atom is -0.508 e. The summed E-state index contributed by atoms with van der Waals surface area (Å²) >= 11 is 0. The number of ether oxygens (including phenoxy) is 2. The van der Waals surface area contributed by atoms with Crippen LogP contribution in [0.3, 0.4) is 0 Å². The maximum atomic E-state index is 14.8. The van der Waals surface area contributed by atoms with Crippen LogP contribution in [-0.4, -0.2) is 58.0 Å². The first-order valence-corrected chi connectivity index (χ1v) is 16.5. The predicted molar refractivity (Wildman–Crippen MR) is 185 cm³/mol. The number of aromatic hydroxyl groups is 7. The summed E-state index contributed by atoms with van der Waals surface area (Å²) in [6.07, 6.45) is 3.28. The lowest BCUT2D eigenvalue weighted by Gasteiger charge is -2.43. The molecule has 0 fully saturated rings. The monoisotopic (exact) mass is 708 g/mol. The van der Waals surface area contributed by atoms with E-state index in [4.69, 9.17) is 9.47 Å². The van der Waals surface area contributed by atoms with Crippen LogP contribution >= 0.6 is 0 Å². The summed E-state index contributed by atoms with van der Waals surface area (Å²) in [7, 11) is 0. The normalized spacial score (nSPS) is 24.4. The fraction of sp³-hybridized carbons (Fsp3) is 0.250. The molecule has 0 aromatic heterocycles. The Kier molecular flexibility index (Phi) is 7.91. The highest BCUT2D eigenvalue weighted by Crippen LogP contribution is 2.60. The summed E-state index contributed by atoms with van der Waals surface area (Å²) in [5.74, 6) is -10.6. The summed E-state index contributed by atoms with van der Waals surface area (Å²) in [6, 6.07) is 12.3. The number of aliphatic hydroxyl groups is 1. The standard InChI is InChI=1S/C40H36O12/c1-18(2)10-11-39-38(49)35-32(52-40(39,50)27-9-6-22(43)16-31(27)51-39)17-30(46)34(37(35)48)26-13-19(3)12-25(23-7-4-20(41)14-28(23)44)33(26)36(47)24-8-5-21(42)15-29(24)45/h4-10,13-17,25-26,33,41-46,48,50H,11-12H2,1-3H3/t25-,26+,33-,39+,40+/m1/s1. The highest BCUT2D eigenvalue weighted by atomic mass is 16.7. The van der Waals surface area contributed by atoms with E-state index < -0.39 is 63.5 Å². The van der Waals surface area contributed by atoms with Gasteiger partial charge in [-0.1, -0.05) is 29.4 Å². The van der Waals surface area contributed by atoms with Gasteiger partial charge in [0.1, 0.15) is 57.3 Å². The van der Waals surface area contributed by atoms with E-state index in [1.54, 1.807) is 32.9 Å². The predicted octanol–water partition coefficient (Wildman–Crippen LogP) is 6.25. The molecule has 0 spiro atoms. The van der Waals surface area contributed by atoms with Crippen LogP contribution < -0.4 is 9.47 Å². The summed E-state index contributed by atoms with van der Waals surface area (Å²) in [4.78, 5) is 29.4. The summed E-state index contributed by atoms with van der Waals surface area (Å²) in [6.45, 7) is 5.31. The van der Waals surface area contributed by atoms with Crippen molar-refractivity contribution in [2.45, 2.75) is 56.8 Å². The Morgan fingerprint density at radius 2 is 1.48 bits per heavy atom. The average Bonchev–Trinajstić information content (AvgIpc) is 3.30. The SMILES string of the molecule is CC(C)=CC[C@@]12Oc3cc(O)ccc3[C@]1(O)Oc1cc(O)c([C@H]3C=C(C)C[C@H](c4ccc(O)cc4O)[C@H]3C(=O)c3ccc(O)cc3O)c(O)c1C2=O. The van der Waals surface area contributed by atoms with Gasteiger partial charge in [0.25, 0.3) is 5.79 Å². The fourth-order valence-electron chi connectivity index (χ4n) is 7.81. The molecule has 2 heterocycles. The van der Waals surface area contributed by atoms with Crippen molar-refractivity contribution >= 4 is 11.6 Å². The van der Waals surface area contributed by atoms with Crippen molar-refractivity contribution in [3.05, 3.63) is 112 Å². The number of carbonyl (C=O) groups excluding carboxylic acids is 2. The molecule has 268 valence electrons. The lowest BCUT2D eigenvalue weighted by atomic mass is 9.65. The van der Waals surface area contributed by atoms with Gasteiger partial charge in [0.2, 0.25) is 11.4 Å². The molecule has 8 N–H and O–H groups in total. The van der Waals surface area contributed by atoms with Gasteiger partial charge in [-0.15, -0.1) is 0 Å². The molecule has 12 nitrogen and oxygen atoms in total. The van der Waals surface area contributed by atoms with Crippen LogP contribution in [0.25, 0.3) is 0 Å². The second-order valence-electron chi connectivity index (χ2n) is 13.9. The average molecular weight is 709 g/mol. The number of ketones is 2. The molecule has 0 radical (unpaired) electrons. The number of rotatable bonds is 6. The second kappa shape index (κ2) is 12.0. The van der Waals surface area contributed by atoms with Gasteiger partial charge < -0.3 is 50.3 Å². The van der Waals surface area contributed by atoms with Crippen LogP contribution in [-0.2, 0) is 5.79 Å². The third kappa shape index (κ3) is 5.09. The Labute approximate surface area is 297 Å². The summed E-state index contributed by atoms with van der Waals surface area (Å²) in [5.41, 5.74) is -1.30. The van der Waals surface area contributed by atoms with Crippen LogP contribution in [0.4, 0.5) is 0 Å². The van der Waals surface area contributed by atoms with Gasteiger partial charge in [0.05, 0.1) is 11.1 Å². The number of allylic oxidation sites excluding steroid dienone is 3. The van der Waals surface area contributed by atoms with E-state index in [0.29, 0.717) is 5.57 Å². The quantitative estimate of drug-likeness (QED) is 0.0824. The molecule has 0 saturated carbocycles. The van der Waals surface area contributed by atoms with Crippen molar-refractivity contribution in [3.8, 4) is 51.7 Å². The first kappa shape index (κ1) is 34.3. The molecule has 5 atom stereocenters. The summed E-state index contributed by atoms with van der Waals surface area (Å²) < 4.78 is 12.3. The van der Waals surface area contributed by atoms with Gasteiger partial charge in [-0.05, 0) is 63.1 Å². The molecular formula is C40H36O12. The van der Waals surface area contributed by atoms with E-state index in [0.717, 1.165) is 23.8 Å².